The van der Waals surface area contributed by atoms with E-state index in [0.29, 0.717) is 39.5 Å². The lowest BCUT2D eigenvalue weighted by molar-refractivity contribution is -0.148. The van der Waals surface area contributed by atoms with E-state index in [9.17, 15) is 4.79 Å². The van der Waals surface area contributed by atoms with Crippen LogP contribution in [0.3, 0.4) is 0 Å². The lowest BCUT2D eigenvalue weighted by Crippen LogP contribution is -2.53. The Kier molecular flexibility index (Phi) is 4.87. The van der Waals surface area contributed by atoms with Gasteiger partial charge >= 0.3 is 0 Å². The molecule has 1 aromatic heterocycles. The molecule has 1 aromatic carbocycles. The zero-order valence-corrected chi connectivity index (χ0v) is 15.3. The molecule has 0 bridgehead atoms. The molecular weight excluding hydrogens is 338 g/mol. The van der Waals surface area contributed by atoms with Gasteiger partial charge in [-0.2, -0.15) is 0 Å². The number of para-hydroxylation sites is 1. The quantitative estimate of drug-likeness (QED) is 0.836. The van der Waals surface area contributed by atoms with E-state index >= 15 is 0 Å². The van der Waals surface area contributed by atoms with Crippen LogP contribution in [-0.2, 0) is 20.7 Å². The number of aryl methyl sites for hydroxylation is 1. The Morgan fingerprint density at radius 3 is 2.92 bits per heavy atom. The van der Waals surface area contributed by atoms with Crippen LogP contribution < -0.4 is 4.90 Å². The van der Waals surface area contributed by atoms with Crippen molar-refractivity contribution in [3.63, 3.8) is 0 Å². The molecule has 0 aliphatic carbocycles. The molecule has 4 rings (SSSR count). The highest BCUT2D eigenvalue weighted by molar-refractivity contribution is 7.22. The SMILES string of the molecule is CCc1cccc2sc(N3CCOC(C(=O)N4CCOCC4)C3)nc12. The molecule has 7 heteroatoms. The smallest absolute Gasteiger partial charge is 0.253 e. The number of rotatable bonds is 3. The molecule has 2 fully saturated rings. The average molecular weight is 361 g/mol. The molecule has 2 saturated heterocycles. The van der Waals surface area contributed by atoms with Gasteiger partial charge in [0.2, 0.25) is 0 Å². The second-order valence-electron chi connectivity index (χ2n) is 6.36. The summed E-state index contributed by atoms with van der Waals surface area (Å²) in [5, 5.41) is 0.985. The summed E-state index contributed by atoms with van der Waals surface area (Å²) in [6.45, 7) is 6.57. The van der Waals surface area contributed by atoms with Crippen molar-refractivity contribution in [2.24, 2.45) is 0 Å². The van der Waals surface area contributed by atoms with Crippen molar-refractivity contribution in [3.05, 3.63) is 23.8 Å². The predicted octanol–water partition coefficient (Wildman–Crippen LogP) is 1.92. The lowest BCUT2D eigenvalue weighted by atomic mass is 10.1. The molecule has 2 aliphatic heterocycles. The Balaban J connectivity index is 1.52. The van der Waals surface area contributed by atoms with Crippen molar-refractivity contribution in [2.45, 2.75) is 19.4 Å². The first-order valence-corrected chi connectivity index (χ1v) is 9.69. The number of morpholine rings is 2. The number of anilines is 1. The second kappa shape index (κ2) is 7.27. The molecule has 1 atom stereocenters. The molecule has 1 unspecified atom stereocenters. The van der Waals surface area contributed by atoms with Crippen molar-refractivity contribution in [2.75, 3.05) is 50.9 Å². The third kappa shape index (κ3) is 3.36. The fourth-order valence-corrected chi connectivity index (χ4v) is 4.42. The van der Waals surface area contributed by atoms with Gasteiger partial charge in [0.05, 0.1) is 36.6 Å². The number of ether oxygens (including phenoxy) is 2. The summed E-state index contributed by atoms with van der Waals surface area (Å²) in [4.78, 5) is 21.6. The van der Waals surface area contributed by atoms with E-state index < -0.39 is 6.10 Å². The number of carbonyl (C=O) groups excluding carboxylic acids is 1. The maximum Gasteiger partial charge on any atom is 0.253 e. The third-order valence-electron chi connectivity index (χ3n) is 4.81. The van der Waals surface area contributed by atoms with Gasteiger partial charge < -0.3 is 19.3 Å². The van der Waals surface area contributed by atoms with Crippen LogP contribution in [-0.4, -0.2) is 67.9 Å². The highest BCUT2D eigenvalue weighted by Gasteiger charge is 2.32. The van der Waals surface area contributed by atoms with Gasteiger partial charge in [-0.05, 0) is 18.1 Å². The number of fused-ring (bicyclic) bond motifs is 1. The Bertz CT molecular complexity index is 757. The number of benzene rings is 1. The standard InChI is InChI=1S/C18H23N3O3S/c1-2-13-4-3-5-15-16(13)19-18(25-15)21-8-11-24-14(12-21)17(22)20-6-9-23-10-7-20/h3-5,14H,2,6-12H2,1H3. The number of carbonyl (C=O) groups is 1. The highest BCUT2D eigenvalue weighted by Crippen LogP contribution is 2.32. The maximum absolute atomic E-state index is 12.7. The van der Waals surface area contributed by atoms with Gasteiger partial charge in [-0.15, -0.1) is 0 Å². The van der Waals surface area contributed by atoms with Crippen LogP contribution in [0.2, 0.25) is 0 Å². The summed E-state index contributed by atoms with van der Waals surface area (Å²) in [6, 6.07) is 6.34. The first-order chi connectivity index (χ1) is 12.3. The Morgan fingerprint density at radius 1 is 1.28 bits per heavy atom. The summed E-state index contributed by atoms with van der Waals surface area (Å²) >= 11 is 1.70. The van der Waals surface area contributed by atoms with E-state index in [1.165, 1.54) is 10.3 Å². The zero-order chi connectivity index (χ0) is 17.2. The lowest BCUT2D eigenvalue weighted by Gasteiger charge is -2.36. The van der Waals surface area contributed by atoms with Gasteiger partial charge in [0, 0.05) is 19.6 Å². The Morgan fingerprint density at radius 2 is 2.12 bits per heavy atom. The highest BCUT2D eigenvalue weighted by atomic mass is 32.1. The molecule has 3 heterocycles. The fraction of sp³-hybridized carbons (Fsp3) is 0.556. The van der Waals surface area contributed by atoms with E-state index in [0.717, 1.165) is 23.6 Å². The molecule has 134 valence electrons. The fourth-order valence-electron chi connectivity index (χ4n) is 3.37. The molecule has 2 aromatic rings. The predicted molar refractivity (Wildman–Crippen MR) is 98.4 cm³/mol. The summed E-state index contributed by atoms with van der Waals surface area (Å²) in [5.74, 6) is 0.0726. The van der Waals surface area contributed by atoms with Gasteiger partial charge in [-0.1, -0.05) is 30.4 Å². The molecule has 25 heavy (non-hydrogen) atoms. The summed E-state index contributed by atoms with van der Waals surface area (Å²) < 4.78 is 12.3. The van der Waals surface area contributed by atoms with Gasteiger partial charge in [0.25, 0.3) is 5.91 Å². The molecule has 1 amide bonds. The number of nitrogens with zero attached hydrogens (tertiary/aromatic N) is 3. The van der Waals surface area contributed by atoms with Crippen LogP contribution in [0.4, 0.5) is 5.13 Å². The van der Waals surface area contributed by atoms with Crippen molar-refractivity contribution in [1.82, 2.24) is 9.88 Å². The number of hydrogen-bond acceptors (Lipinski definition) is 6. The van der Waals surface area contributed by atoms with E-state index in [1.807, 2.05) is 4.90 Å². The summed E-state index contributed by atoms with van der Waals surface area (Å²) in [5.41, 5.74) is 2.36. The molecular formula is C18H23N3O3S. The van der Waals surface area contributed by atoms with Crippen LogP contribution in [0.5, 0.6) is 0 Å². The minimum Gasteiger partial charge on any atom is -0.378 e. The van der Waals surface area contributed by atoms with Crippen LogP contribution in [0.25, 0.3) is 10.2 Å². The number of thiazole rings is 1. The number of aromatic nitrogens is 1. The van der Waals surface area contributed by atoms with Crippen molar-refractivity contribution < 1.29 is 14.3 Å². The first kappa shape index (κ1) is 16.8. The molecule has 0 saturated carbocycles. The van der Waals surface area contributed by atoms with Gasteiger partial charge in [0.15, 0.2) is 11.2 Å². The van der Waals surface area contributed by atoms with Gasteiger partial charge in [-0.3, -0.25) is 4.79 Å². The minimum absolute atomic E-state index is 0.0726. The van der Waals surface area contributed by atoms with Crippen molar-refractivity contribution in [3.8, 4) is 0 Å². The second-order valence-corrected chi connectivity index (χ2v) is 7.37. The normalized spacial score (nSPS) is 21.7. The number of amides is 1. The molecule has 0 N–H and O–H groups in total. The van der Waals surface area contributed by atoms with Crippen LogP contribution >= 0.6 is 11.3 Å². The van der Waals surface area contributed by atoms with E-state index in [2.05, 4.69) is 30.0 Å². The van der Waals surface area contributed by atoms with E-state index in [-0.39, 0.29) is 5.91 Å². The number of hydrogen-bond donors (Lipinski definition) is 0. The average Bonchev–Trinajstić information content (AvgIpc) is 3.12. The first-order valence-electron chi connectivity index (χ1n) is 8.88. The largest absolute Gasteiger partial charge is 0.378 e. The van der Waals surface area contributed by atoms with Gasteiger partial charge in [-0.25, -0.2) is 4.98 Å². The summed E-state index contributed by atoms with van der Waals surface area (Å²) in [7, 11) is 0. The minimum atomic E-state index is -0.412. The van der Waals surface area contributed by atoms with Gasteiger partial charge in [0.1, 0.15) is 0 Å². The van der Waals surface area contributed by atoms with Crippen LogP contribution in [0.15, 0.2) is 18.2 Å². The molecule has 2 aliphatic rings. The van der Waals surface area contributed by atoms with E-state index in [1.54, 1.807) is 11.3 Å². The van der Waals surface area contributed by atoms with Crippen LogP contribution in [0.1, 0.15) is 12.5 Å². The maximum atomic E-state index is 12.7. The van der Waals surface area contributed by atoms with Crippen molar-refractivity contribution >= 4 is 32.6 Å². The molecule has 0 radical (unpaired) electrons. The molecule has 0 spiro atoms. The monoisotopic (exact) mass is 361 g/mol. The third-order valence-corrected chi connectivity index (χ3v) is 5.89. The van der Waals surface area contributed by atoms with Crippen LogP contribution in [0, 0.1) is 0 Å². The topological polar surface area (TPSA) is 54.9 Å². The Labute approximate surface area is 151 Å². The Hall–Kier alpha value is -1.70. The molecule has 6 nitrogen and oxygen atoms in total. The van der Waals surface area contributed by atoms with Crippen molar-refractivity contribution in [1.29, 1.82) is 0 Å². The zero-order valence-electron chi connectivity index (χ0n) is 14.4. The van der Waals surface area contributed by atoms with E-state index in [4.69, 9.17) is 14.5 Å². The summed E-state index contributed by atoms with van der Waals surface area (Å²) in [6.07, 6.45) is 0.561.